The molecule has 0 aliphatic rings. The molecule has 0 atom stereocenters. The Morgan fingerprint density at radius 1 is 1.14 bits per heavy atom. The highest BCUT2D eigenvalue weighted by Gasteiger charge is 2.13. The normalized spacial score (nSPS) is 10.8. The van der Waals surface area contributed by atoms with Crippen molar-refractivity contribution in [3.63, 3.8) is 0 Å². The number of carbonyl (C=O) groups is 1. The van der Waals surface area contributed by atoms with Gasteiger partial charge in [-0.05, 0) is 32.0 Å². The van der Waals surface area contributed by atoms with Gasteiger partial charge in [-0.1, -0.05) is 0 Å². The van der Waals surface area contributed by atoms with E-state index in [-0.39, 0.29) is 17.6 Å². The van der Waals surface area contributed by atoms with E-state index in [0.717, 1.165) is 17.8 Å². The zero-order valence-corrected chi connectivity index (χ0v) is 12.1. The van der Waals surface area contributed by atoms with E-state index in [1.54, 1.807) is 23.9 Å². The summed E-state index contributed by atoms with van der Waals surface area (Å²) < 4.78 is 27.6. The zero-order chi connectivity index (χ0) is 15.6. The second-order valence-corrected chi connectivity index (χ2v) is 5.11. The van der Waals surface area contributed by atoms with Crippen LogP contribution in [0.2, 0.25) is 0 Å². The molecule has 112 valence electrons. The number of hydrogen-bond acceptors (Lipinski definition) is 2. The van der Waals surface area contributed by atoms with E-state index < -0.39 is 11.6 Å². The molecule has 2 aromatic rings. The van der Waals surface area contributed by atoms with Crippen molar-refractivity contribution in [2.24, 2.45) is 7.05 Å². The summed E-state index contributed by atoms with van der Waals surface area (Å²) in [5, 5.41) is 5.73. The van der Waals surface area contributed by atoms with Gasteiger partial charge in [0.2, 0.25) is 0 Å². The third kappa shape index (κ3) is 3.59. The fourth-order valence-electron chi connectivity index (χ4n) is 1.97. The highest BCUT2D eigenvalue weighted by molar-refractivity contribution is 6.03. The lowest BCUT2D eigenvalue weighted by atomic mass is 10.3. The summed E-state index contributed by atoms with van der Waals surface area (Å²) in [5.74, 6) is -2.34. The number of hydrogen-bond donors (Lipinski definition) is 2. The number of rotatable bonds is 4. The van der Waals surface area contributed by atoms with Gasteiger partial charge in [-0.25, -0.2) is 8.78 Å². The van der Waals surface area contributed by atoms with Gasteiger partial charge in [0.15, 0.2) is 11.6 Å². The largest absolute Gasteiger partial charge is 0.382 e. The minimum absolute atomic E-state index is 0.207. The fraction of sp³-hybridized carbons (Fsp3) is 0.267. The molecule has 0 saturated heterocycles. The minimum atomic E-state index is -0.998. The average Bonchev–Trinajstić information content (AvgIpc) is 2.74. The SMILES string of the molecule is CC(C)Nc1cc(C(=O)Nc2ccc(F)c(F)c2)n(C)c1. The number of anilines is 2. The molecule has 0 saturated carbocycles. The minimum Gasteiger partial charge on any atom is -0.382 e. The Balaban J connectivity index is 2.16. The van der Waals surface area contributed by atoms with Crippen molar-refractivity contribution in [3.8, 4) is 0 Å². The lowest BCUT2D eigenvalue weighted by molar-refractivity contribution is 0.101. The third-order valence-corrected chi connectivity index (χ3v) is 2.87. The van der Waals surface area contributed by atoms with Gasteiger partial charge < -0.3 is 15.2 Å². The Labute approximate surface area is 121 Å². The first-order valence-electron chi connectivity index (χ1n) is 6.56. The number of nitrogens with one attached hydrogen (secondary N) is 2. The second-order valence-electron chi connectivity index (χ2n) is 5.11. The van der Waals surface area contributed by atoms with E-state index in [9.17, 15) is 13.6 Å². The molecule has 0 bridgehead atoms. The molecule has 0 aliphatic heterocycles. The van der Waals surface area contributed by atoms with Crippen molar-refractivity contribution < 1.29 is 13.6 Å². The van der Waals surface area contributed by atoms with Crippen LogP contribution in [0.5, 0.6) is 0 Å². The molecular formula is C15H17F2N3O. The monoisotopic (exact) mass is 293 g/mol. The first-order valence-corrected chi connectivity index (χ1v) is 6.56. The van der Waals surface area contributed by atoms with Crippen molar-refractivity contribution in [2.45, 2.75) is 19.9 Å². The Morgan fingerprint density at radius 3 is 2.48 bits per heavy atom. The van der Waals surface area contributed by atoms with Crippen LogP contribution in [0.15, 0.2) is 30.5 Å². The van der Waals surface area contributed by atoms with E-state index in [2.05, 4.69) is 10.6 Å². The lowest BCUT2D eigenvalue weighted by Gasteiger charge is -2.06. The van der Waals surface area contributed by atoms with Crippen LogP contribution in [-0.4, -0.2) is 16.5 Å². The summed E-state index contributed by atoms with van der Waals surface area (Å²) in [6.45, 7) is 3.99. The van der Waals surface area contributed by atoms with Crippen molar-refractivity contribution in [2.75, 3.05) is 10.6 Å². The van der Waals surface area contributed by atoms with Crippen molar-refractivity contribution >= 4 is 17.3 Å². The molecule has 4 nitrogen and oxygen atoms in total. The summed E-state index contributed by atoms with van der Waals surface area (Å²) >= 11 is 0. The molecule has 1 heterocycles. The highest BCUT2D eigenvalue weighted by Crippen LogP contribution is 2.17. The van der Waals surface area contributed by atoms with Gasteiger partial charge in [0, 0.05) is 31.0 Å². The number of halogens is 2. The maximum Gasteiger partial charge on any atom is 0.272 e. The number of amides is 1. The van der Waals surface area contributed by atoms with Crippen molar-refractivity contribution in [1.82, 2.24) is 4.57 Å². The number of benzene rings is 1. The van der Waals surface area contributed by atoms with Gasteiger partial charge in [0.25, 0.3) is 5.91 Å². The molecule has 0 radical (unpaired) electrons. The van der Waals surface area contributed by atoms with Crippen LogP contribution < -0.4 is 10.6 Å². The smallest absolute Gasteiger partial charge is 0.272 e. The molecule has 2 rings (SSSR count). The van der Waals surface area contributed by atoms with Gasteiger partial charge in [0.1, 0.15) is 5.69 Å². The van der Waals surface area contributed by atoms with Crippen molar-refractivity contribution in [1.29, 1.82) is 0 Å². The molecule has 2 N–H and O–H groups in total. The van der Waals surface area contributed by atoms with Crippen LogP contribution in [0, 0.1) is 11.6 Å². The number of nitrogens with zero attached hydrogens (tertiary/aromatic N) is 1. The average molecular weight is 293 g/mol. The summed E-state index contributed by atoms with van der Waals surface area (Å²) in [7, 11) is 1.74. The molecule has 0 spiro atoms. The van der Waals surface area contributed by atoms with Crippen LogP contribution in [0.25, 0.3) is 0 Å². The number of aryl methyl sites for hydroxylation is 1. The zero-order valence-electron chi connectivity index (χ0n) is 12.1. The van der Waals surface area contributed by atoms with Crippen molar-refractivity contribution in [3.05, 3.63) is 47.8 Å². The molecule has 1 aromatic heterocycles. The Morgan fingerprint density at radius 2 is 1.86 bits per heavy atom. The van der Waals surface area contributed by atoms with E-state index in [1.165, 1.54) is 6.07 Å². The first kappa shape index (κ1) is 15.0. The molecular weight excluding hydrogens is 276 g/mol. The number of aromatic nitrogens is 1. The molecule has 1 aromatic carbocycles. The maximum atomic E-state index is 13.1. The lowest BCUT2D eigenvalue weighted by Crippen LogP contribution is -2.15. The topological polar surface area (TPSA) is 46.1 Å². The van der Waals surface area contributed by atoms with Crippen LogP contribution >= 0.6 is 0 Å². The van der Waals surface area contributed by atoms with Crippen LogP contribution in [0.1, 0.15) is 24.3 Å². The van der Waals surface area contributed by atoms with Gasteiger partial charge in [0.05, 0.1) is 5.69 Å². The Kier molecular flexibility index (Phi) is 4.26. The fourth-order valence-corrected chi connectivity index (χ4v) is 1.97. The first-order chi connectivity index (χ1) is 9.86. The second kappa shape index (κ2) is 5.95. The summed E-state index contributed by atoms with van der Waals surface area (Å²) in [5.41, 5.74) is 1.45. The molecule has 6 heteroatoms. The van der Waals surface area contributed by atoms with E-state index in [4.69, 9.17) is 0 Å². The standard InChI is InChI=1S/C15H17F2N3O/c1-9(2)18-11-7-14(20(3)8-11)15(21)19-10-4-5-12(16)13(17)6-10/h4-9,18H,1-3H3,(H,19,21). The van der Waals surface area contributed by atoms with Crippen LogP contribution in [0.3, 0.4) is 0 Å². The summed E-state index contributed by atoms with van der Waals surface area (Å²) in [6, 6.07) is 5.18. The van der Waals surface area contributed by atoms with Gasteiger partial charge in [-0.3, -0.25) is 4.79 Å². The van der Waals surface area contributed by atoms with Gasteiger partial charge >= 0.3 is 0 Å². The quantitative estimate of drug-likeness (QED) is 0.908. The van der Waals surface area contributed by atoms with Gasteiger partial charge in [-0.2, -0.15) is 0 Å². The molecule has 0 unspecified atom stereocenters. The predicted octanol–water partition coefficient (Wildman–Crippen LogP) is 3.38. The maximum absolute atomic E-state index is 13.1. The van der Waals surface area contributed by atoms with Gasteiger partial charge in [-0.15, -0.1) is 0 Å². The highest BCUT2D eigenvalue weighted by atomic mass is 19.2. The van der Waals surface area contributed by atoms with E-state index >= 15 is 0 Å². The summed E-state index contributed by atoms with van der Waals surface area (Å²) in [4.78, 5) is 12.2. The number of carbonyl (C=O) groups excluding carboxylic acids is 1. The third-order valence-electron chi connectivity index (χ3n) is 2.87. The Hall–Kier alpha value is -2.37. The van der Waals surface area contributed by atoms with E-state index in [1.807, 2.05) is 13.8 Å². The van der Waals surface area contributed by atoms with Crippen LogP contribution in [0.4, 0.5) is 20.2 Å². The Bertz CT molecular complexity index is 665. The molecule has 0 aliphatic carbocycles. The predicted molar refractivity (Wildman–Crippen MR) is 78.5 cm³/mol. The van der Waals surface area contributed by atoms with Crippen LogP contribution in [-0.2, 0) is 7.05 Å². The van der Waals surface area contributed by atoms with E-state index in [0.29, 0.717) is 5.69 Å². The molecule has 21 heavy (non-hydrogen) atoms. The summed E-state index contributed by atoms with van der Waals surface area (Å²) in [6.07, 6.45) is 1.79. The molecule has 1 amide bonds. The molecule has 0 fully saturated rings.